The molecule has 0 unspecified atom stereocenters. The van der Waals surface area contributed by atoms with Crippen molar-refractivity contribution in [3.8, 4) is 11.5 Å². The quantitative estimate of drug-likeness (QED) is 0.564. The highest BCUT2D eigenvalue weighted by atomic mass is 32.2. The molecule has 0 saturated carbocycles. The number of hydrogen-bond donors (Lipinski definition) is 0. The number of oxazole rings is 1. The van der Waals surface area contributed by atoms with Crippen molar-refractivity contribution >= 4 is 28.8 Å². The van der Waals surface area contributed by atoms with Crippen LogP contribution in [0.4, 0.5) is 0 Å². The Balaban J connectivity index is 1.42. The SMILES string of the molecule is COc1ccc(OCCN(C)C(=O)CSc2nc3ccccc3o2)cc1. The first-order chi connectivity index (χ1) is 12.7. The second kappa shape index (κ2) is 8.62. The number of para-hydroxylation sites is 2. The number of rotatable bonds is 8. The van der Waals surface area contributed by atoms with Gasteiger partial charge < -0.3 is 18.8 Å². The summed E-state index contributed by atoms with van der Waals surface area (Å²) in [7, 11) is 3.38. The van der Waals surface area contributed by atoms with Crippen LogP contribution in [-0.2, 0) is 4.79 Å². The average Bonchev–Trinajstić information content (AvgIpc) is 3.09. The van der Waals surface area contributed by atoms with Crippen LogP contribution in [0.15, 0.2) is 58.2 Å². The van der Waals surface area contributed by atoms with Gasteiger partial charge in [-0.2, -0.15) is 0 Å². The van der Waals surface area contributed by atoms with E-state index in [1.807, 2.05) is 48.5 Å². The lowest BCUT2D eigenvalue weighted by Gasteiger charge is -2.17. The van der Waals surface area contributed by atoms with Gasteiger partial charge in [0.05, 0.1) is 19.4 Å². The number of benzene rings is 2. The summed E-state index contributed by atoms with van der Waals surface area (Å²) in [6.07, 6.45) is 0. The molecule has 0 atom stereocenters. The molecule has 6 nitrogen and oxygen atoms in total. The highest BCUT2D eigenvalue weighted by Crippen LogP contribution is 2.23. The van der Waals surface area contributed by atoms with Gasteiger partial charge >= 0.3 is 0 Å². The number of hydrogen-bond acceptors (Lipinski definition) is 6. The van der Waals surface area contributed by atoms with Crippen molar-refractivity contribution in [3.05, 3.63) is 48.5 Å². The number of ether oxygens (including phenoxy) is 2. The number of carbonyl (C=O) groups is 1. The maximum atomic E-state index is 12.2. The molecule has 0 N–H and O–H groups in total. The van der Waals surface area contributed by atoms with Crippen LogP contribution in [0, 0.1) is 0 Å². The molecular weight excluding hydrogens is 352 g/mol. The number of thioether (sulfide) groups is 1. The first-order valence-corrected chi connectivity index (χ1v) is 9.13. The van der Waals surface area contributed by atoms with Crippen LogP contribution >= 0.6 is 11.8 Å². The van der Waals surface area contributed by atoms with Crippen LogP contribution in [0.1, 0.15) is 0 Å². The van der Waals surface area contributed by atoms with Gasteiger partial charge in [0.1, 0.15) is 23.6 Å². The maximum absolute atomic E-state index is 12.2. The van der Waals surface area contributed by atoms with Crippen LogP contribution in [0.25, 0.3) is 11.1 Å². The Bertz CT molecular complexity index is 830. The lowest BCUT2D eigenvalue weighted by Crippen LogP contribution is -2.32. The van der Waals surface area contributed by atoms with E-state index in [9.17, 15) is 4.79 Å². The van der Waals surface area contributed by atoms with Crippen molar-refractivity contribution in [1.82, 2.24) is 9.88 Å². The van der Waals surface area contributed by atoms with Gasteiger partial charge in [0.15, 0.2) is 5.58 Å². The zero-order chi connectivity index (χ0) is 18.4. The molecule has 0 fully saturated rings. The highest BCUT2D eigenvalue weighted by molar-refractivity contribution is 7.99. The molecule has 0 bridgehead atoms. The zero-order valence-electron chi connectivity index (χ0n) is 14.7. The van der Waals surface area contributed by atoms with E-state index in [0.29, 0.717) is 18.4 Å². The summed E-state index contributed by atoms with van der Waals surface area (Å²) in [6, 6.07) is 14.9. The van der Waals surface area contributed by atoms with Crippen molar-refractivity contribution in [2.45, 2.75) is 5.22 Å². The first kappa shape index (κ1) is 18.1. The molecule has 3 aromatic rings. The molecule has 0 aliphatic carbocycles. The Morgan fingerprint density at radius 2 is 1.88 bits per heavy atom. The van der Waals surface area contributed by atoms with Crippen LogP contribution in [-0.4, -0.2) is 48.9 Å². The molecule has 1 heterocycles. The standard InChI is InChI=1S/C19H20N2O4S/c1-21(11-12-24-15-9-7-14(23-2)8-10-15)18(22)13-26-19-20-16-5-3-4-6-17(16)25-19/h3-10H,11-13H2,1-2H3. The van der Waals surface area contributed by atoms with Crippen molar-refractivity contribution in [1.29, 1.82) is 0 Å². The molecule has 1 amide bonds. The highest BCUT2D eigenvalue weighted by Gasteiger charge is 2.12. The molecule has 7 heteroatoms. The molecule has 2 aromatic carbocycles. The zero-order valence-corrected chi connectivity index (χ0v) is 15.5. The summed E-state index contributed by atoms with van der Waals surface area (Å²) in [5.74, 6) is 1.79. The molecule has 0 aliphatic heterocycles. The van der Waals surface area contributed by atoms with Crippen molar-refractivity contribution in [2.24, 2.45) is 0 Å². The van der Waals surface area contributed by atoms with Gasteiger partial charge in [0.2, 0.25) is 5.91 Å². The number of nitrogens with zero attached hydrogens (tertiary/aromatic N) is 2. The monoisotopic (exact) mass is 372 g/mol. The topological polar surface area (TPSA) is 64.8 Å². The summed E-state index contributed by atoms with van der Waals surface area (Å²) in [5.41, 5.74) is 1.52. The third-order valence-electron chi connectivity index (χ3n) is 3.77. The van der Waals surface area contributed by atoms with E-state index in [0.717, 1.165) is 22.6 Å². The van der Waals surface area contributed by atoms with Crippen LogP contribution in [0.5, 0.6) is 11.5 Å². The first-order valence-electron chi connectivity index (χ1n) is 8.15. The largest absolute Gasteiger partial charge is 0.497 e. The van der Waals surface area contributed by atoms with Gasteiger partial charge in [0, 0.05) is 7.05 Å². The van der Waals surface area contributed by atoms with E-state index in [2.05, 4.69) is 4.98 Å². The predicted octanol–water partition coefficient (Wildman–Crippen LogP) is 3.47. The lowest BCUT2D eigenvalue weighted by atomic mass is 10.3. The van der Waals surface area contributed by atoms with Gasteiger partial charge in [-0.25, -0.2) is 4.98 Å². The summed E-state index contributed by atoms with van der Waals surface area (Å²) < 4.78 is 16.3. The van der Waals surface area contributed by atoms with E-state index in [-0.39, 0.29) is 11.7 Å². The smallest absolute Gasteiger partial charge is 0.257 e. The molecule has 1 aromatic heterocycles. The van der Waals surface area contributed by atoms with E-state index in [4.69, 9.17) is 13.9 Å². The van der Waals surface area contributed by atoms with E-state index in [1.165, 1.54) is 11.8 Å². The van der Waals surface area contributed by atoms with Gasteiger partial charge in [-0.05, 0) is 36.4 Å². The Morgan fingerprint density at radius 3 is 2.62 bits per heavy atom. The summed E-state index contributed by atoms with van der Waals surface area (Å²) in [5, 5.41) is 0.502. The second-order valence-electron chi connectivity index (χ2n) is 5.58. The normalized spacial score (nSPS) is 10.7. The minimum atomic E-state index is -0.00409. The fourth-order valence-corrected chi connectivity index (χ4v) is 3.02. The Labute approximate surface area is 156 Å². The maximum Gasteiger partial charge on any atom is 0.257 e. The number of fused-ring (bicyclic) bond motifs is 1. The van der Waals surface area contributed by atoms with E-state index in [1.54, 1.807) is 19.1 Å². The third kappa shape index (κ3) is 4.70. The van der Waals surface area contributed by atoms with Gasteiger partial charge in [0.25, 0.3) is 5.22 Å². The van der Waals surface area contributed by atoms with Crippen molar-refractivity contribution < 1.29 is 18.7 Å². The third-order valence-corrected chi connectivity index (χ3v) is 4.59. The number of carbonyl (C=O) groups excluding carboxylic acids is 1. The average molecular weight is 372 g/mol. The van der Waals surface area contributed by atoms with Crippen molar-refractivity contribution in [2.75, 3.05) is 33.1 Å². The van der Waals surface area contributed by atoms with Crippen LogP contribution in [0.3, 0.4) is 0 Å². The van der Waals surface area contributed by atoms with Crippen LogP contribution < -0.4 is 9.47 Å². The molecule has 26 heavy (non-hydrogen) atoms. The predicted molar refractivity (Wildman–Crippen MR) is 101 cm³/mol. The van der Waals surface area contributed by atoms with Gasteiger partial charge in [-0.15, -0.1) is 0 Å². The molecule has 3 rings (SSSR count). The molecule has 0 aliphatic rings. The molecule has 136 valence electrons. The molecule has 0 radical (unpaired) electrons. The number of amides is 1. The summed E-state index contributed by atoms with van der Waals surface area (Å²) >= 11 is 1.29. The molecule has 0 saturated heterocycles. The van der Waals surface area contributed by atoms with Gasteiger partial charge in [-0.3, -0.25) is 4.79 Å². The minimum Gasteiger partial charge on any atom is -0.497 e. The van der Waals surface area contributed by atoms with Crippen LogP contribution in [0.2, 0.25) is 0 Å². The number of methoxy groups -OCH3 is 1. The Morgan fingerprint density at radius 1 is 1.15 bits per heavy atom. The molecule has 0 spiro atoms. The fourth-order valence-electron chi connectivity index (χ4n) is 2.24. The Kier molecular flexibility index (Phi) is 6.01. The lowest BCUT2D eigenvalue weighted by molar-refractivity contribution is -0.127. The number of aromatic nitrogens is 1. The van der Waals surface area contributed by atoms with Gasteiger partial charge in [-0.1, -0.05) is 23.9 Å². The minimum absolute atomic E-state index is 0.00409. The van der Waals surface area contributed by atoms with Crippen molar-refractivity contribution in [3.63, 3.8) is 0 Å². The summed E-state index contributed by atoms with van der Waals surface area (Å²) in [6.45, 7) is 0.918. The molecular formula is C19H20N2O4S. The summed E-state index contributed by atoms with van der Waals surface area (Å²) in [4.78, 5) is 18.2. The van der Waals surface area contributed by atoms with E-state index < -0.39 is 0 Å². The Hall–Kier alpha value is -2.67. The second-order valence-corrected chi connectivity index (χ2v) is 6.50. The van der Waals surface area contributed by atoms with E-state index >= 15 is 0 Å². The fraction of sp³-hybridized carbons (Fsp3) is 0.263. The number of likely N-dealkylation sites (N-methyl/N-ethyl adjacent to an activating group) is 1.